The maximum atomic E-state index is 13.8. The molecule has 38 heavy (non-hydrogen) atoms. The van der Waals surface area contributed by atoms with Crippen LogP contribution >= 0.6 is 11.6 Å². The molecule has 2 amide bonds. The van der Waals surface area contributed by atoms with Crippen molar-refractivity contribution in [3.8, 4) is 0 Å². The van der Waals surface area contributed by atoms with E-state index in [9.17, 15) is 18.0 Å². The molecule has 0 aliphatic carbocycles. The van der Waals surface area contributed by atoms with Gasteiger partial charge in [0.15, 0.2) is 0 Å². The van der Waals surface area contributed by atoms with Crippen LogP contribution in [0.5, 0.6) is 0 Å². The quantitative estimate of drug-likeness (QED) is 0.379. The van der Waals surface area contributed by atoms with Crippen molar-refractivity contribution in [3.63, 3.8) is 0 Å². The number of nitrogens with one attached hydrogen (secondary N) is 1. The van der Waals surface area contributed by atoms with Crippen LogP contribution in [0.2, 0.25) is 5.02 Å². The highest BCUT2D eigenvalue weighted by Gasteiger charge is 2.33. The lowest BCUT2D eigenvalue weighted by Crippen LogP contribution is -2.53. The van der Waals surface area contributed by atoms with Crippen LogP contribution in [0.15, 0.2) is 83.8 Å². The molecular weight excluding hydrogens is 522 g/mol. The molecule has 0 unspecified atom stereocenters. The standard InChI is InChI=1S/C29H34ClN3O4S/c1-21(2)31-29(35)27(18-23-10-6-5-7-11-23)33(19-24-12-8-9-22(3)17-24)28(34)20-32(4)38(36,37)26-15-13-25(30)14-16-26/h5-17,21,27H,18-20H2,1-4H3,(H,31,35)/t27-/m0/s1. The van der Waals surface area contributed by atoms with Gasteiger partial charge in [-0.25, -0.2) is 8.42 Å². The molecule has 1 atom stereocenters. The second kappa shape index (κ2) is 13.0. The van der Waals surface area contributed by atoms with Gasteiger partial charge in [-0.15, -0.1) is 0 Å². The van der Waals surface area contributed by atoms with Gasteiger partial charge in [-0.2, -0.15) is 4.31 Å². The second-order valence-corrected chi connectivity index (χ2v) is 12.1. The number of carbonyl (C=O) groups excluding carboxylic acids is 2. The zero-order chi connectivity index (χ0) is 27.9. The van der Waals surface area contributed by atoms with Gasteiger partial charge in [0.25, 0.3) is 0 Å². The molecular formula is C29H34ClN3O4S. The molecule has 0 saturated carbocycles. The van der Waals surface area contributed by atoms with Crippen molar-refractivity contribution in [1.29, 1.82) is 0 Å². The minimum Gasteiger partial charge on any atom is -0.352 e. The summed E-state index contributed by atoms with van der Waals surface area (Å²) in [4.78, 5) is 28.8. The van der Waals surface area contributed by atoms with Gasteiger partial charge in [-0.3, -0.25) is 9.59 Å². The predicted molar refractivity (Wildman–Crippen MR) is 150 cm³/mol. The molecule has 3 rings (SSSR count). The van der Waals surface area contributed by atoms with Crippen LogP contribution in [0.3, 0.4) is 0 Å². The minimum atomic E-state index is -3.96. The van der Waals surface area contributed by atoms with Crippen molar-refractivity contribution in [2.45, 2.75) is 50.7 Å². The van der Waals surface area contributed by atoms with Gasteiger partial charge in [0, 0.05) is 31.1 Å². The van der Waals surface area contributed by atoms with Crippen molar-refractivity contribution < 1.29 is 18.0 Å². The van der Waals surface area contributed by atoms with Gasteiger partial charge >= 0.3 is 0 Å². The second-order valence-electron chi connectivity index (χ2n) is 9.59. The molecule has 0 bridgehead atoms. The van der Waals surface area contributed by atoms with Crippen molar-refractivity contribution in [1.82, 2.24) is 14.5 Å². The predicted octanol–water partition coefficient (Wildman–Crippen LogP) is 4.43. The third kappa shape index (κ3) is 7.90. The number of amides is 2. The Labute approximate surface area is 230 Å². The number of sulfonamides is 1. The van der Waals surface area contributed by atoms with E-state index >= 15 is 0 Å². The van der Waals surface area contributed by atoms with E-state index in [2.05, 4.69) is 5.32 Å². The Hall–Kier alpha value is -3.20. The first kappa shape index (κ1) is 29.4. The van der Waals surface area contributed by atoms with E-state index in [0.29, 0.717) is 5.02 Å². The summed E-state index contributed by atoms with van der Waals surface area (Å²) in [6.07, 6.45) is 0.282. The molecule has 3 aromatic carbocycles. The Kier molecular flexibility index (Phi) is 10.1. The number of nitrogens with zero attached hydrogens (tertiary/aromatic N) is 2. The lowest BCUT2D eigenvalue weighted by molar-refractivity contribution is -0.141. The van der Waals surface area contributed by atoms with Gasteiger partial charge < -0.3 is 10.2 Å². The lowest BCUT2D eigenvalue weighted by atomic mass is 10.0. The van der Waals surface area contributed by atoms with Crippen LogP contribution in [-0.2, 0) is 32.6 Å². The molecule has 7 nitrogen and oxygen atoms in total. The van der Waals surface area contributed by atoms with Gasteiger partial charge in [0.05, 0.1) is 11.4 Å². The molecule has 0 aliphatic rings. The Morgan fingerprint density at radius 1 is 0.921 bits per heavy atom. The molecule has 0 spiro atoms. The number of rotatable bonds is 11. The molecule has 202 valence electrons. The number of hydrogen-bond acceptors (Lipinski definition) is 4. The third-order valence-corrected chi connectivity index (χ3v) is 8.09. The molecule has 0 saturated heterocycles. The van der Waals surface area contributed by atoms with Crippen molar-refractivity contribution in [2.24, 2.45) is 0 Å². The minimum absolute atomic E-state index is 0.0285. The smallest absolute Gasteiger partial charge is 0.243 e. The van der Waals surface area contributed by atoms with Gasteiger partial charge in [-0.05, 0) is 56.2 Å². The maximum absolute atomic E-state index is 13.8. The van der Waals surface area contributed by atoms with Crippen molar-refractivity contribution >= 4 is 33.4 Å². The summed E-state index contributed by atoms with van der Waals surface area (Å²) in [5.41, 5.74) is 2.75. The van der Waals surface area contributed by atoms with Gasteiger partial charge in [0.2, 0.25) is 21.8 Å². The van der Waals surface area contributed by atoms with Gasteiger partial charge in [0.1, 0.15) is 6.04 Å². The molecule has 0 fully saturated rings. The fourth-order valence-electron chi connectivity index (χ4n) is 4.09. The molecule has 3 aromatic rings. The Bertz CT molecular complexity index is 1350. The number of hydrogen-bond donors (Lipinski definition) is 1. The topological polar surface area (TPSA) is 86.8 Å². The maximum Gasteiger partial charge on any atom is 0.243 e. The zero-order valence-corrected chi connectivity index (χ0v) is 23.7. The van der Waals surface area contributed by atoms with E-state index in [-0.39, 0.29) is 29.8 Å². The van der Waals surface area contributed by atoms with E-state index < -0.39 is 28.5 Å². The van der Waals surface area contributed by atoms with Crippen molar-refractivity contribution in [2.75, 3.05) is 13.6 Å². The monoisotopic (exact) mass is 555 g/mol. The van der Waals surface area contributed by atoms with E-state index in [1.54, 1.807) is 0 Å². The first-order chi connectivity index (χ1) is 18.0. The fourth-order valence-corrected chi connectivity index (χ4v) is 5.34. The molecule has 0 aromatic heterocycles. The Morgan fingerprint density at radius 3 is 2.16 bits per heavy atom. The zero-order valence-electron chi connectivity index (χ0n) is 22.1. The van der Waals surface area contributed by atoms with Crippen LogP contribution < -0.4 is 5.32 Å². The summed E-state index contributed by atoms with van der Waals surface area (Å²) in [6.45, 7) is 5.39. The summed E-state index contributed by atoms with van der Waals surface area (Å²) in [5, 5.41) is 3.34. The van der Waals surface area contributed by atoms with Gasteiger partial charge in [-0.1, -0.05) is 71.8 Å². The van der Waals surface area contributed by atoms with Crippen LogP contribution in [0.1, 0.15) is 30.5 Å². The number of halogens is 1. The largest absolute Gasteiger partial charge is 0.352 e. The summed E-state index contributed by atoms with van der Waals surface area (Å²) >= 11 is 5.92. The molecule has 0 aliphatic heterocycles. The van der Waals surface area contributed by atoms with E-state index in [1.165, 1.54) is 36.2 Å². The lowest BCUT2D eigenvalue weighted by Gasteiger charge is -2.33. The average Bonchev–Trinajstić information content (AvgIpc) is 2.86. The highest BCUT2D eigenvalue weighted by molar-refractivity contribution is 7.89. The molecule has 9 heteroatoms. The summed E-state index contributed by atoms with van der Waals surface area (Å²) in [5.74, 6) is -0.778. The summed E-state index contributed by atoms with van der Waals surface area (Å²) in [7, 11) is -2.61. The highest BCUT2D eigenvalue weighted by atomic mass is 35.5. The first-order valence-electron chi connectivity index (χ1n) is 12.4. The Morgan fingerprint density at radius 2 is 1.55 bits per heavy atom. The summed E-state index contributed by atoms with van der Waals surface area (Å²) < 4.78 is 27.4. The molecule has 0 heterocycles. The SMILES string of the molecule is Cc1cccc(CN(C(=O)CN(C)S(=O)(=O)c2ccc(Cl)cc2)[C@@H](Cc2ccccc2)C(=O)NC(C)C)c1. The molecule has 1 N–H and O–H groups in total. The van der Waals surface area contributed by atoms with Crippen molar-refractivity contribution in [3.05, 3.63) is 101 Å². The first-order valence-corrected chi connectivity index (χ1v) is 14.2. The van der Waals surface area contributed by atoms with Crippen LogP contribution in [0, 0.1) is 6.92 Å². The number of carbonyl (C=O) groups is 2. The summed E-state index contributed by atoms with van der Waals surface area (Å²) in [6, 6.07) is 21.9. The average molecular weight is 556 g/mol. The van der Waals surface area contributed by atoms with Crippen LogP contribution in [-0.4, -0.2) is 55.1 Å². The molecule has 0 radical (unpaired) electrons. The number of benzene rings is 3. The highest BCUT2D eigenvalue weighted by Crippen LogP contribution is 2.20. The van der Waals surface area contributed by atoms with Crippen LogP contribution in [0.25, 0.3) is 0 Å². The van der Waals surface area contributed by atoms with E-state index in [1.807, 2.05) is 75.4 Å². The number of likely N-dealkylation sites (N-methyl/N-ethyl adjacent to an activating group) is 1. The Balaban J connectivity index is 1.97. The fraction of sp³-hybridized carbons (Fsp3) is 0.310. The number of aryl methyl sites for hydroxylation is 1. The van der Waals surface area contributed by atoms with Crippen LogP contribution in [0.4, 0.5) is 0 Å². The van der Waals surface area contributed by atoms with E-state index in [4.69, 9.17) is 11.6 Å². The normalized spacial score (nSPS) is 12.4. The third-order valence-electron chi connectivity index (χ3n) is 6.02. The van der Waals surface area contributed by atoms with E-state index in [0.717, 1.165) is 21.0 Å².